The van der Waals surface area contributed by atoms with Crippen LogP contribution in [0.1, 0.15) is 64.2 Å². The van der Waals surface area contributed by atoms with Crippen LogP contribution < -0.4 is 0 Å². The lowest BCUT2D eigenvalue weighted by Crippen LogP contribution is -2.34. The number of aliphatic hydroxyl groups is 1. The van der Waals surface area contributed by atoms with Crippen LogP contribution in [0.25, 0.3) is 16.7 Å². The van der Waals surface area contributed by atoms with E-state index in [4.69, 9.17) is 9.41 Å². The summed E-state index contributed by atoms with van der Waals surface area (Å²) in [5.41, 5.74) is 8.23. The predicted molar refractivity (Wildman–Crippen MR) is 149 cm³/mol. The molecule has 0 spiro atoms. The number of aromatic nitrogens is 2. The van der Waals surface area contributed by atoms with Crippen LogP contribution in [0.15, 0.2) is 58.2 Å². The van der Waals surface area contributed by atoms with E-state index in [2.05, 4.69) is 27.0 Å². The highest BCUT2D eigenvalue weighted by atomic mass is 35.5. The number of rotatable bonds is 2. The first kappa shape index (κ1) is 24.9. The van der Waals surface area contributed by atoms with Gasteiger partial charge in [-0.2, -0.15) is 0 Å². The Kier molecular flexibility index (Phi) is 6.58. The van der Waals surface area contributed by atoms with Gasteiger partial charge in [-0.25, -0.2) is 0 Å². The van der Waals surface area contributed by atoms with Crippen LogP contribution in [0, 0.1) is 5.92 Å². The van der Waals surface area contributed by atoms with Crippen molar-refractivity contribution in [2.75, 3.05) is 26.2 Å². The van der Waals surface area contributed by atoms with Crippen molar-refractivity contribution in [2.45, 2.75) is 38.5 Å². The lowest BCUT2D eigenvalue weighted by atomic mass is 9.82. The Morgan fingerprint density at radius 1 is 1.05 bits per heavy atom. The first-order valence-corrected chi connectivity index (χ1v) is 13.3. The van der Waals surface area contributed by atoms with Gasteiger partial charge >= 0.3 is 0 Å². The quantitative estimate of drug-likeness (QED) is 0.452. The van der Waals surface area contributed by atoms with Gasteiger partial charge in [0.2, 0.25) is 0 Å². The third-order valence-electron chi connectivity index (χ3n) is 8.25. The third-order valence-corrected chi connectivity index (χ3v) is 8.25. The van der Waals surface area contributed by atoms with Gasteiger partial charge in [0.25, 0.3) is 0 Å². The van der Waals surface area contributed by atoms with E-state index in [1.807, 2.05) is 18.5 Å². The normalized spacial score (nSPS) is 20.5. The van der Waals surface area contributed by atoms with Crippen molar-refractivity contribution in [3.05, 3.63) is 82.5 Å². The fraction of sp³-hybridized carbons (Fsp3) is 0.367. The number of carbonyl (C=O) groups excluding carboxylic acids is 1. The Morgan fingerprint density at radius 2 is 1.92 bits per heavy atom. The van der Waals surface area contributed by atoms with Crippen LogP contribution in [-0.2, 0) is 12.8 Å². The molecular formula is C30H31ClN4O3. The minimum Gasteiger partial charge on any atom is -0.511 e. The maximum absolute atomic E-state index is 13.1. The molecule has 7 rings (SSSR count). The summed E-state index contributed by atoms with van der Waals surface area (Å²) in [4.78, 5) is 28.6. The van der Waals surface area contributed by atoms with E-state index in [9.17, 15) is 9.90 Å². The largest absolute Gasteiger partial charge is 0.511 e. The minimum atomic E-state index is -0.132. The number of aromatic amines is 1. The number of carbonyl (C=O) groups is 1. The number of nitrogens with one attached hydrogen (secondary N) is 1. The van der Waals surface area contributed by atoms with Crippen molar-refractivity contribution >= 4 is 29.5 Å². The summed E-state index contributed by atoms with van der Waals surface area (Å²) in [5, 5.41) is 11.2. The Hall–Kier alpha value is -3.42. The number of halogens is 1. The number of H-pyrrole nitrogens is 1. The van der Waals surface area contributed by atoms with Crippen molar-refractivity contribution in [1.82, 2.24) is 14.9 Å². The predicted octanol–water partition coefficient (Wildman–Crippen LogP) is 5.56. The monoisotopic (exact) mass is 530 g/mol. The molecule has 3 aliphatic carbocycles. The zero-order valence-corrected chi connectivity index (χ0v) is 22.0. The molecule has 0 aromatic carbocycles. The molecule has 196 valence electrons. The van der Waals surface area contributed by atoms with Gasteiger partial charge in [0.05, 0.1) is 12.1 Å². The number of allylic oxidation sites excluding steroid dienone is 1. The number of aliphatic hydroxyl groups excluding tert-OH is 1. The van der Waals surface area contributed by atoms with Crippen molar-refractivity contribution in [3.63, 3.8) is 0 Å². The van der Waals surface area contributed by atoms with Gasteiger partial charge < -0.3 is 19.4 Å². The molecule has 0 saturated carbocycles. The first-order chi connectivity index (χ1) is 18.2. The summed E-state index contributed by atoms with van der Waals surface area (Å²) < 4.78 is 5.88. The highest BCUT2D eigenvalue weighted by molar-refractivity contribution is 6.09. The van der Waals surface area contributed by atoms with E-state index in [-0.39, 0.29) is 30.4 Å². The van der Waals surface area contributed by atoms with Gasteiger partial charge in [0, 0.05) is 72.0 Å². The van der Waals surface area contributed by atoms with Crippen LogP contribution in [0.5, 0.6) is 0 Å². The molecule has 1 aromatic heterocycles. The number of nitrogens with zero attached hydrogens (tertiary/aromatic N) is 3. The highest BCUT2D eigenvalue weighted by Gasteiger charge is 2.32. The molecule has 38 heavy (non-hydrogen) atoms. The van der Waals surface area contributed by atoms with Crippen molar-refractivity contribution in [3.8, 4) is 11.1 Å². The van der Waals surface area contributed by atoms with Crippen LogP contribution in [0.3, 0.4) is 0 Å². The molecule has 8 heteroatoms. The molecule has 3 aliphatic heterocycles. The standard InChI is InChI=1S/C30H30N4O3.ClH/c35-26-14-27(36)28-23-11-18-3-4-19(17-34-8-1-2-9-34)29(22(18)12-20-15-31-16-25(20)23)32-6-5-21-13-24(26)30(28)33-7-10-37-21;/h7,10-13,15-16,19,33,36H,1-6,8-9,14,17H2;1H/t19-;/m0./s1. The van der Waals surface area contributed by atoms with Gasteiger partial charge in [0.15, 0.2) is 5.78 Å². The number of Topliss-reactive ketones (excluding diaryl/α,β-unsaturated/α-hetero) is 1. The van der Waals surface area contributed by atoms with E-state index in [0.717, 1.165) is 41.8 Å². The second-order valence-electron chi connectivity index (χ2n) is 10.6. The Bertz CT molecular complexity index is 1490. The average molecular weight is 531 g/mol. The van der Waals surface area contributed by atoms with E-state index < -0.39 is 0 Å². The maximum Gasteiger partial charge on any atom is 0.172 e. The Labute approximate surface area is 227 Å². The van der Waals surface area contributed by atoms with Crippen LogP contribution in [0.4, 0.5) is 0 Å². The van der Waals surface area contributed by atoms with Gasteiger partial charge in [-0.1, -0.05) is 0 Å². The molecule has 2 N–H and O–H groups in total. The van der Waals surface area contributed by atoms with E-state index in [1.165, 1.54) is 37.1 Å². The van der Waals surface area contributed by atoms with Gasteiger partial charge in [-0.3, -0.25) is 14.8 Å². The number of likely N-dealkylation sites (tertiary alicyclic amines) is 1. The maximum atomic E-state index is 13.1. The number of aryl methyl sites for hydroxylation is 1. The first-order valence-electron chi connectivity index (χ1n) is 13.3. The van der Waals surface area contributed by atoms with Gasteiger partial charge in [0.1, 0.15) is 17.8 Å². The molecule has 0 unspecified atom stereocenters. The number of aliphatic imine (C=N–C) groups is 1. The zero-order chi connectivity index (χ0) is 24.9. The number of hydrogen-bond acceptors (Lipinski definition) is 6. The van der Waals surface area contributed by atoms with Crippen LogP contribution >= 0.6 is 12.4 Å². The summed E-state index contributed by atoms with van der Waals surface area (Å²) >= 11 is 0. The molecule has 4 heterocycles. The molecule has 1 saturated heterocycles. The van der Waals surface area contributed by atoms with Gasteiger partial charge in [-0.15, -0.1) is 12.4 Å². The topological polar surface area (TPSA) is 94.7 Å². The number of hydrogen-bond donors (Lipinski definition) is 2. The molecular weight excluding hydrogens is 500 g/mol. The minimum absolute atomic E-state index is 0. The second-order valence-corrected chi connectivity index (χ2v) is 10.6. The lowest BCUT2D eigenvalue weighted by molar-refractivity contribution is 0.0977. The van der Waals surface area contributed by atoms with Crippen LogP contribution in [0.2, 0.25) is 0 Å². The SMILES string of the molecule is Cl.O=C1CC(O)=C2c3cc4c(cc5cncc3-5)C(=NCCc3cc1c2[nH]cco3)[C@H](CN1CCCC1)CC4. The molecule has 8 bridgehead atoms. The molecule has 1 atom stereocenters. The number of fused-ring (bicyclic) bond motifs is 5. The molecule has 0 amide bonds. The average Bonchev–Trinajstić information content (AvgIpc) is 3.52. The molecule has 0 radical (unpaired) electrons. The number of ketones is 1. The van der Waals surface area contributed by atoms with Crippen LogP contribution in [-0.4, -0.2) is 57.6 Å². The molecule has 1 aromatic rings. The molecule has 1 fully saturated rings. The lowest BCUT2D eigenvalue weighted by Gasteiger charge is -2.30. The Balaban J connectivity index is 0.00000264. The summed E-state index contributed by atoms with van der Waals surface area (Å²) in [5.74, 6) is 1.01. The van der Waals surface area contributed by atoms with E-state index in [1.54, 1.807) is 12.5 Å². The zero-order valence-electron chi connectivity index (χ0n) is 21.2. The molecule has 7 nitrogen and oxygen atoms in total. The summed E-state index contributed by atoms with van der Waals surface area (Å²) in [7, 11) is 0. The van der Waals surface area contributed by atoms with E-state index in [0.29, 0.717) is 41.5 Å². The smallest absolute Gasteiger partial charge is 0.172 e. The highest BCUT2D eigenvalue weighted by Crippen LogP contribution is 2.41. The van der Waals surface area contributed by atoms with Crippen molar-refractivity contribution < 1.29 is 14.3 Å². The van der Waals surface area contributed by atoms with Crippen molar-refractivity contribution in [1.29, 1.82) is 0 Å². The van der Waals surface area contributed by atoms with E-state index >= 15 is 0 Å². The van der Waals surface area contributed by atoms with Crippen molar-refractivity contribution in [2.24, 2.45) is 10.9 Å². The fourth-order valence-electron chi connectivity index (χ4n) is 6.46. The Morgan fingerprint density at radius 3 is 2.79 bits per heavy atom. The summed E-state index contributed by atoms with van der Waals surface area (Å²) in [6.07, 6.45) is 12.1. The fourth-order valence-corrected chi connectivity index (χ4v) is 6.46. The third kappa shape index (κ3) is 4.24. The summed E-state index contributed by atoms with van der Waals surface area (Å²) in [6, 6.07) is 6.27. The summed E-state index contributed by atoms with van der Waals surface area (Å²) in [6.45, 7) is 3.95. The van der Waals surface area contributed by atoms with Gasteiger partial charge in [-0.05, 0) is 73.7 Å². The molecule has 6 aliphatic rings. The second kappa shape index (κ2) is 10.0.